The summed E-state index contributed by atoms with van der Waals surface area (Å²) in [6, 6.07) is 15.7. The van der Waals surface area contributed by atoms with E-state index in [4.69, 9.17) is 16.6 Å². The van der Waals surface area contributed by atoms with Crippen LogP contribution in [0.15, 0.2) is 60.9 Å². The van der Waals surface area contributed by atoms with Crippen molar-refractivity contribution in [1.29, 1.82) is 0 Å². The van der Waals surface area contributed by atoms with Crippen LogP contribution in [0.4, 0.5) is 0 Å². The summed E-state index contributed by atoms with van der Waals surface area (Å²) < 4.78 is 2.96. The second-order valence-corrected chi connectivity index (χ2v) is 9.62. The third-order valence-electron chi connectivity index (χ3n) is 5.75. The molecule has 1 saturated carbocycles. The Bertz CT molecular complexity index is 1340. The number of halogens is 1. The van der Waals surface area contributed by atoms with Crippen LogP contribution in [0.3, 0.4) is 0 Å². The molecule has 5 rings (SSSR count). The first-order valence-electron chi connectivity index (χ1n) is 10.6. The average molecular weight is 460 g/mol. The summed E-state index contributed by atoms with van der Waals surface area (Å²) in [7, 11) is 0. The normalized spacial score (nSPS) is 13.3. The van der Waals surface area contributed by atoms with Crippen molar-refractivity contribution in [1.82, 2.24) is 14.7 Å². The zero-order valence-electron chi connectivity index (χ0n) is 17.9. The number of carbonyl (C=O) groups excluding carboxylic acids is 1. The van der Waals surface area contributed by atoms with Crippen molar-refractivity contribution in [3.63, 3.8) is 0 Å². The smallest absolute Gasteiger partial charge is 0.279 e. The fourth-order valence-electron chi connectivity index (χ4n) is 4.11. The molecular formula is C26H22ClN3OS. The summed E-state index contributed by atoms with van der Waals surface area (Å²) in [5, 5.41) is 2.17. The van der Waals surface area contributed by atoms with Gasteiger partial charge in [-0.05, 0) is 96.8 Å². The van der Waals surface area contributed by atoms with E-state index in [0.717, 1.165) is 57.1 Å². The van der Waals surface area contributed by atoms with Crippen LogP contribution >= 0.6 is 23.5 Å². The van der Waals surface area contributed by atoms with Crippen molar-refractivity contribution in [2.45, 2.75) is 31.9 Å². The maximum Gasteiger partial charge on any atom is 0.279 e. The van der Waals surface area contributed by atoms with Gasteiger partial charge in [-0.3, -0.25) is 14.5 Å². The second kappa shape index (κ2) is 8.57. The van der Waals surface area contributed by atoms with Gasteiger partial charge in [-0.25, -0.2) is 4.98 Å². The van der Waals surface area contributed by atoms with Gasteiger partial charge in [0.2, 0.25) is 0 Å². The first-order valence-corrected chi connectivity index (χ1v) is 11.8. The summed E-state index contributed by atoms with van der Waals surface area (Å²) in [5.74, 6) is -0.175. The lowest BCUT2D eigenvalue weighted by molar-refractivity contribution is 0.0980. The Kier molecular flexibility index (Phi) is 5.62. The van der Waals surface area contributed by atoms with E-state index in [0.29, 0.717) is 16.0 Å². The van der Waals surface area contributed by atoms with Gasteiger partial charge in [0.05, 0.1) is 5.52 Å². The molecule has 0 saturated heterocycles. The highest BCUT2D eigenvalue weighted by molar-refractivity contribution is 7.98. The average Bonchev–Trinajstić information content (AvgIpc) is 3.62. The van der Waals surface area contributed by atoms with E-state index in [2.05, 4.69) is 29.6 Å². The van der Waals surface area contributed by atoms with Crippen LogP contribution in [-0.2, 0) is 0 Å². The Balaban J connectivity index is 1.75. The molecule has 1 N–H and O–H groups in total. The molecule has 1 aliphatic carbocycles. The molecule has 160 valence electrons. The first kappa shape index (κ1) is 21.0. The van der Waals surface area contributed by atoms with Gasteiger partial charge in [0.25, 0.3) is 5.91 Å². The number of aromatic nitrogens is 2. The molecule has 0 unspecified atom stereocenters. The number of aryl methyl sites for hydroxylation is 2. The number of hydrogen-bond acceptors (Lipinski definition) is 4. The lowest BCUT2D eigenvalue weighted by atomic mass is 9.89. The van der Waals surface area contributed by atoms with E-state index in [1.807, 2.05) is 42.5 Å². The van der Waals surface area contributed by atoms with Crippen molar-refractivity contribution in [2.75, 3.05) is 0 Å². The van der Waals surface area contributed by atoms with Crippen LogP contribution in [0.25, 0.3) is 33.2 Å². The number of carbonyl (C=O) groups is 1. The monoisotopic (exact) mass is 459 g/mol. The Hall–Kier alpha value is -2.89. The Morgan fingerprint density at radius 2 is 1.81 bits per heavy atom. The van der Waals surface area contributed by atoms with E-state index >= 15 is 0 Å². The fourth-order valence-corrected chi connectivity index (χ4v) is 5.10. The molecular weight excluding hydrogens is 438 g/mol. The van der Waals surface area contributed by atoms with Crippen molar-refractivity contribution < 1.29 is 4.79 Å². The summed E-state index contributed by atoms with van der Waals surface area (Å²) in [6.45, 7) is 4.19. The van der Waals surface area contributed by atoms with Crippen molar-refractivity contribution in [2.24, 2.45) is 0 Å². The summed E-state index contributed by atoms with van der Waals surface area (Å²) >= 11 is 8.10. The largest absolute Gasteiger partial charge is 0.294 e. The molecule has 32 heavy (non-hydrogen) atoms. The standard InChI is InChI=1S/C26H22ClN3OS/c1-15-13-22-25(16(2)24(15)17-9-11-28-12-10-17)20(19-5-3-4-6-21(19)27)14-23(29-22)26(31)30-32-18-7-8-18/h3-6,9-14,18H,7-8H2,1-2H3,(H,30,31). The Morgan fingerprint density at radius 1 is 1.06 bits per heavy atom. The number of benzene rings is 2. The lowest BCUT2D eigenvalue weighted by Crippen LogP contribution is -2.18. The zero-order chi connectivity index (χ0) is 22.2. The molecule has 2 aromatic heterocycles. The molecule has 2 heterocycles. The number of fused-ring (bicyclic) bond motifs is 1. The molecule has 0 spiro atoms. The first-order chi connectivity index (χ1) is 15.5. The van der Waals surface area contributed by atoms with E-state index in [1.54, 1.807) is 12.4 Å². The molecule has 6 heteroatoms. The fraction of sp³-hybridized carbons (Fsp3) is 0.192. The molecule has 0 aliphatic heterocycles. The second-order valence-electron chi connectivity index (χ2n) is 8.11. The predicted octanol–water partition coefficient (Wildman–Crippen LogP) is 6.77. The molecule has 1 aliphatic rings. The highest BCUT2D eigenvalue weighted by Gasteiger charge is 2.24. The van der Waals surface area contributed by atoms with Crippen LogP contribution in [0.2, 0.25) is 5.02 Å². The molecule has 1 amide bonds. The molecule has 0 radical (unpaired) electrons. The van der Waals surface area contributed by atoms with Gasteiger partial charge in [-0.1, -0.05) is 29.8 Å². The van der Waals surface area contributed by atoms with E-state index in [1.165, 1.54) is 11.9 Å². The number of amides is 1. The SMILES string of the molecule is Cc1cc2nc(C(=O)NSC3CC3)cc(-c3ccccc3Cl)c2c(C)c1-c1ccncc1. The molecule has 4 nitrogen and oxygen atoms in total. The van der Waals surface area contributed by atoms with Crippen LogP contribution in [0, 0.1) is 13.8 Å². The molecule has 0 bridgehead atoms. The summed E-state index contributed by atoms with van der Waals surface area (Å²) in [6.07, 6.45) is 5.90. The van der Waals surface area contributed by atoms with Crippen LogP contribution in [0.5, 0.6) is 0 Å². The molecule has 4 aromatic rings. The van der Waals surface area contributed by atoms with E-state index in [9.17, 15) is 4.79 Å². The summed E-state index contributed by atoms with van der Waals surface area (Å²) in [4.78, 5) is 21.8. The van der Waals surface area contributed by atoms with Gasteiger partial charge < -0.3 is 0 Å². The highest BCUT2D eigenvalue weighted by atomic mass is 35.5. The Labute approximate surface area is 196 Å². The number of nitrogens with one attached hydrogen (secondary N) is 1. The predicted molar refractivity (Wildman–Crippen MR) is 133 cm³/mol. The summed E-state index contributed by atoms with van der Waals surface area (Å²) in [5.41, 5.74) is 7.44. The third kappa shape index (κ3) is 3.98. The van der Waals surface area contributed by atoms with Gasteiger partial charge >= 0.3 is 0 Å². The lowest BCUT2D eigenvalue weighted by Gasteiger charge is -2.18. The zero-order valence-corrected chi connectivity index (χ0v) is 19.4. The topological polar surface area (TPSA) is 54.9 Å². The Morgan fingerprint density at radius 3 is 2.53 bits per heavy atom. The molecule has 0 atom stereocenters. The third-order valence-corrected chi connectivity index (χ3v) is 7.19. The number of hydrogen-bond donors (Lipinski definition) is 1. The number of nitrogens with zero attached hydrogens (tertiary/aromatic N) is 2. The quantitative estimate of drug-likeness (QED) is 0.334. The maximum atomic E-state index is 12.9. The van der Waals surface area contributed by atoms with Gasteiger partial charge in [0.15, 0.2) is 0 Å². The molecule has 2 aromatic carbocycles. The van der Waals surface area contributed by atoms with E-state index in [-0.39, 0.29) is 5.91 Å². The van der Waals surface area contributed by atoms with Crippen molar-refractivity contribution in [3.8, 4) is 22.3 Å². The van der Waals surface area contributed by atoms with Gasteiger partial charge in [0.1, 0.15) is 5.69 Å². The van der Waals surface area contributed by atoms with Gasteiger partial charge in [0, 0.05) is 33.6 Å². The number of rotatable bonds is 5. The van der Waals surface area contributed by atoms with Crippen LogP contribution in [-0.4, -0.2) is 21.1 Å². The van der Waals surface area contributed by atoms with Crippen LogP contribution in [0.1, 0.15) is 34.5 Å². The number of pyridine rings is 2. The van der Waals surface area contributed by atoms with Gasteiger partial charge in [-0.15, -0.1) is 0 Å². The minimum atomic E-state index is -0.175. The van der Waals surface area contributed by atoms with Gasteiger partial charge in [-0.2, -0.15) is 0 Å². The minimum absolute atomic E-state index is 0.175. The van der Waals surface area contributed by atoms with Crippen molar-refractivity contribution >= 4 is 40.4 Å². The van der Waals surface area contributed by atoms with Crippen LogP contribution < -0.4 is 4.72 Å². The van der Waals surface area contributed by atoms with Crippen molar-refractivity contribution in [3.05, 3.63) is 82.8 Å². The minimum Gasteiger partial charge on any atom is -0.294 e. The maximum absolute atomic E-state index is 12.9. The van der Waals surface area contributed by atoms with E-state index < -0.39 is 0 Å². The molecule has 1 fully saturated rings. The highest BCUT2D eigenvalue weighted by Crippen LogP contribution is 2.40.